The van der Waals surface area contributed by atoms with E-state index in [0.29, 0.717) is 48.6 Å². The number of aromatic nitrogens is 8. The lowest BCUT2D eigenvalue weighted by Crippen LogP contribution is -2.40. The molecule has 9 atom stereocenters. The van der Waals surface area contributed by atoms with Crippen LogP contribution >= 0.6 is 15.9 Å². The van der Waals surface area contributed by atoms with Gasteiger partial charge in [0.15, 0.2) is 0 Å². The van der Waals surface area contributed by atoms with E-state index in [4.69, 9.17) is 96.6 Å². The largest absolute Gasteiger partial charge is 0.508 e. The number of aromatic amines is 7. The van der Waals surface area contributed by atoms with Gasteiger partial charge in [-0.05, 0) is 186 Å². The second-order valence-electron chi connectivity index (χ2n) is 32.3. The number of piperidine rings is 1. The molecule has 1 fully saturated rings. The van der Waals surface area contributed by atoms with Crippen molar-refractivity contribution in [2.45, 2.75) is 132 Å². The summed E-state index contributed by atoms with van der Waals surface area (Å²) in [7, 11) is 3.54. The maximum Gasteiger partial charge on any atom is 0.320 e. The average Bonchev–Trinajstić information content (AvgIpc) is 1.65. The second kappa shape index (κ2) is 49.7. The Morgan fingerprint density at radius 1 is 0.372 bits per heavy atom. The summed E-state index contributed by atoms with van der Waals surface area (Å²) in [5.74, 6) is -8.53. The number of nitrogens with zero attached hydrogens (tertiary/aromatic N) is 1. The lowest BCUT2D eigenvalue weighted by Gasteiger charge is -2.18. The van der Waals surface area contributed by atoms with Crippen LogP contribution in [-0.4, -0.2) is 212 Å². The summed E-state index contributed by atoms with van der Waals surface area (Å²) in [6, 6.07) is 39.3. The molecule has 0 spiro atoms. The number of hydrogen-bond acceptors (Lipinski definition) is 20. The van der Waals surface area contributed by atoms with Gasteiger partial charge in [-0.25, -0.2) is 8.78 Å². The molecule has 8 aromatic heterocycles. The zero-order valence-electron chi connectivity index (χ0n) is 74.6. The highest BCUT2D eigenvalue weighted by atomic mass is 79.9. The maximum atomic E-state index is 13.0. The van der Waals surface area contributed by atoms with Gasteiger partial charge in [0.1, 0.15) is 77.5 Å². The SMILES string of the molecule is COc1ccc2[nH]cc(CC(N)C(=O)O)c2c1.Cc1ccc2[nH]cc(CC(N)C(=O)O)c2c1.Cn1cc(CC(N)C(=O)O)c2ccccc21.NC(Cc1c[nH]c2cc(F)ccc12)C(=O)O.NC(Cc1c[nH]c2ccc(Br)cc12)C(=O)O.NC(Cc1c[nH]c2ccc(F)cc12)C(=O)O.NC(Cc1c[nH]c2ccc(O)cc12)C(=O)O.N[C@H](Cc1c[nH]c2ccccc12)C(=O)O.O=C(O)[C@@H]1CCCCN1. The summed E-state index contributed by atoms with van der Waals surface area (Å²) >= 11 is 3.38. The Morgan fingerprint density at radius 2 is 0.701 bits per heavy atom. The monoisotopic (exact) mass is 1950 g/mol. The molecule has 34 N–H and O–H groups in total. The summed E-state index contributed by atoms with van der Waals surface area (Å²) < 4.78 is 34.0. The number of carboxylic acid groups (broad SMARTS) is 9. The molecule has 37 nitrogen and oxygen atoms in total. The molecule has 137 heavy (non-hydrogen) atoms. The minimum atomic E-state index is -1.06. The van der Waals surface area contributed by atoms with Gasteiger partial charge in [0.25, 0.3) is 0 Å². The number of H-pyrrole nitrogens is 7. The molecule has 40 heteroatoms. The summed E-state index contributed by atoms with van der Waals surface area (Å²) in [6.45, 7) is 2.87. The van der Waals surface area contributed by atoms with E-state index in [-0.39, 0.29) is 42.7 Å². The fourth-order valence-electron chi connectivity index (χ4n) is 14.8. The Kier molecular flexibility index (Phi) is 38.3. The van der Waals surface area contributed by atoms with Gasteiger partial charge in [-0.1, -0.05) is 70.4 Å². The number of carbonyl (C=O) groups is 9. The number of methoxy groups -OCH3 is 1. The van der Waals surface area contributed by atoms with Crippen LogP contribution in [0.5, 0.6) is 11.5 Å². The number of nitrogens with two attached hydrogens (primary N) is 8. The highest BCUT2D eigenvalue weighted by molar-refractivity contribution is 9.10. The van der Waals surface area contributed by atoms with Crippen LogP contribution in [0, 0.1) is 18.6 Å². The van der Waals surface area contributed by atoms with Crippen LogP contribution in [0.2, 0.25) is 0 Å². The number of hydrogen-bond donors (Lipinski definition) is 26. The number of halogens is 3. The molecule has 0 saturated carbocycles. The van der Waals surface area contributed by atoms with Crippen LogP contribution in [0.1, 0.15) is 69.3 Å². The highest BCUT2D eigenvalue weighted by Gasteiger charge is 2.24. The predicted molar refractivity (Wildman–Crippen MR) is 519 cm³/mol. The number of fused-ring (bicyclic) bond motifs is 8. The fourth-order valence-corrected chi connectivity index (χ4v) is 15.1. The Hall–Kier alpha value is -15.1. The van der Waals surface area contributed by atoms with Gasteiger partial charge in [0.05, 0.1) is 7.11 Å². The van der Waals surface area contributed by atoms with Crippen LogP contribution in [0.25, 0.3) is 87.2 Å². The third-order valence-electron chi connectivity index (χ3n) is 22.2. The quantitative estimate of drug-likeness (QED) is 0.0239. The molecule has 0 bridgehead atoms. The van der Waals surface area contributed by atoms with Crippen molar-refractivity contribution in [1.29, 1.82) is 0 Å². The molecule has 1 aliphatic rings. The number of phenolic OH excluding ortho intramolecular Hbond substituents is 1. The van der Waals surface area contributed by atoms with E-state index in [1.807, 2.05) is 140 Å². The molecule has 8 aromatic carbocycles. The van der Waals surface area contributed by atoms with E-state index < -0.39 is 102 Å². The van der Waals surface area contributed by atoms with E-state index >= 15 is 0 Å². The highest BCUT2D eigenvalue weighted by Crippen LogP contribution is 2.30. The van der Waals surface area contributed by atoms with E-state index in [1.165, 1.54) is 24.3 Å². The summed E-state index contributed by atoms with van der Waals surface area (Å²) in [6.07, 6.45) is 19.5. The third kappa shape index (κ3) is 30.2. The summed E-state index contributed by atoms with van der Waals surface area (Å²) in [5.41, 5.74) is 59.3. The predicted octanol–water partition coefficient (Wildman–Crippen LogP) is 10.3. The topological polar surface area (TPSA) is 701 Å². The van der Waals surface area contributed by atoms with Gasteiger partial charge in [0.2, 0.25) is 0 Å². The van der Waals surface area contributed by atoms with Crippen molar-refractivity contribution < 1.29 is 108 Å². The first-order valence-corrected chi connectivity index (χ1v) is 43.5. The maximum absolute atomic E-state index is 13.0. The van der Waals surface area contributed by atoms with Gasteiger partial charge < -0.3 is 146 Å². The Bertz CT molecular complexity index is 6480. The number of benzene rings is 8. The number of nitrogens with one attached hydrogen (secondary N) is 8. The molecule has 0 radical (unpaired) electrons. The first-order chi connectivity index (χ1) is 65.1. The van der Waals surface area contributed by atoms with Crippen molar-refractivity contribution >= 4 is 157 Å². The zero-order valence-corrected chi connectivity index (χ0v) is 76.2. The second-order valence-corrected chi connectivity index (χ2v) is 33.2. The Labute approximate surface area is 788 Å². The summed E-state index contributed by atoms with van der Waals surface area (Å²) in [5, 5.41) is 98.1. The number of rotatable bonds is 26. The van der Waals surface area contributed by atoms with Crippen LogP contribution in [0.3, 0.4) is 0 Å². The molecule has 16 aromatic rings. The summed E-state index contributed by atoms with van der Waals surface area (Å²) in [4.78, 5) is 117. The molecule has 9 heterocycles. The van der Waals surface area contributed by atoms with Crippen LogP contribution in [0.4, 0.5) is 8.78 Å². The molecule has 1 saturated heterocycles. The molecular weight excluding hydrogens is 1840 g/mol. The van der Waals surface area contributed by atoms with Crippen molar-refractivity contribution in [3.63, 3.8) is 0 Å². The van der Waals surface area contributed by atoms with Crippen molar-refractivity contribution in [1.82, 2.24) is 44.8 Å². The number of phenols is 1. The smallest absolute Gasteiger partial charge is 0.320 e. The third-order valence-corrected chi connectivity index (χ3v) is 22.6. The molecule has 17 rings (SSSR count). The lowest BCUT2D eigenvalue weighted by molar-refractivity contribution is -0.140. The molecular formula is C97H110BrF2N17O20. The minimum Gasteiger partial charge on any atom is -0.508 e. The minimum absolute atomic E-state index is 0.150. The van der Waals surface area contributed by atoms with Gasteiger partial charge in [-0.3, -0.25) is 43.2 Å². The molecule has 0 aliphatic carbocycles. The van der Waals surface area contributed by atoms with Crippen molar-refractivity contribution in [3.8, 4) is 11.5 Å². The van der Waals surface area contributed by atoms with Crippen LogP contribution in [0.15, 0.2) is 212 Å². The van der Waals surface area contributed by atoms with Crippen molar-refractivity contribution in [2.75, 3.05) is 13.7 Å². The van der Waals surface area contributed by atoms with Crippen molar-refractivity contribution in [2.24, 2.45) is 52.9 Å². The number of aryl methyl sites for hydroxylation is 2. The van der Waals surface area contributed by atoms with Crippen LogP contribution in [-0.2, 0) is 102 Å². The van der Waals surface area contributed by atoms with Crippen molar-refractivity contribution in [3.05, 3.63) is 273 Å². The standard InChI is InChI=1S/C12H14N2O3.2C12H14N2O2.C11H11BrN2O2.2C11H11FN2O2.C11H12N2O3.C11H12N2O2.C6H11NO2/c1-17-8-2-3-11-9(5-8)7(6-14-11)4-10(13)12(15)16;1-7-2-3-11-9(4-7)8(6-14-11)5-10(13)12(15)16;1-14-7-8(6-10(13)12(15)16)9-4-2-3-5-11(9)14;2*12-7-1-2-10-8(4-7)6(5-14-10)3-9(13)11(15)16;12-7-1-2-8-6(3-9(13)11(15)16)5-14-10(8)4-7;12-9(11(15)16)3-6-5-13-10-2-1-7(14)4-8(6)10;12-9(11(14)15)5-7-6-13-10-4-2-1-3-8(7)10;8-6(9)5-3-1-2-4-7-5/h2-3,5-6,10,14H,4,13H2,1H3,(H,15,16);2-4,6,10,14H,5,13H2,1H3,(H,15,16);2-5,7,10H,6,13H2,1H3,(H,15,16);3*1-2,4-5,9,14H,3,13H2,(H,15,16);1-2,4-5,9,13-14H,3,12H2,(H,15,16);1-4,6,9,13H,5,12H2,(H,14,15);5,7H,1-4H2,(H,8,9)/t;;;;;;;9-;5-/m.......10/s1. The molecule has 1 aliphatic heterocycles. The van der Waals surface area contributed by atoms with Gasteiger partial charge in [-0.15, -0.1) is 0 Å². The average molecular weight is 1950 g/mol. The van der Waals surface area contributed by atoms with E-state index in [1.54, 1.807) is 68.4 Å². The Morgan fingerprint density at radius 3 is 1.12 bits per heavy atom. The number of para-hydroxylation sites is 2. The Balaban J connectivity index is 0.000000173. The molecule has 7 unspecified atom stereocenters. The fraction of sp³-hybridized carbons (Fsp3) is 0.247. The number of ether oxygens (including phenoxy) is 1. The number of aromatic hydroxyl groups is 1. The number of aliphatic carboxylic acids is 9. The molecule has 0 amide bonds. The van der Waals surface area contributed by atoms with Gasteiger partial charge in [-0.2, -0.15) is 0 Å². The lowest BCUT2D eigenvalue weighted by atomic mass is 10.0. The normalized spacial score (nSPS) is 13.8. The first kappa shape index (κ1) is 106. The van der Waals surface area contributed by atoms with Gasteiger partial charge >= 0.3 is 53.7 Å². The van der Waals surface area contributed by atoms with E-state index in [0.717, 1.165) is 157 Å². The number of carboxylic acids is 9. The first-order valence-electron chi connectivity index (χ1n) is 42.8. The zero-order chi connectivity index (χ0) is 100. The molecule has 724 valence electrons. The van der Waals surface area contributed by atoms with Gasteiger partial charge in [0, 0.05) is 200 Å². The van der Waals surface area contributed by atoms with E-state index in [2.05, 4.69) is 56.1 Å². The van der Waals surface area contributed by atoms with Crippen LogP contribution < -0.4 is 55.9 Å². The van der Waals surface area contributed by atoms with E-state index in [9.17, 15) is 57.0 Å².